The van der Waals surface area contributed by atoms with Crippen LogP contribution in [0.1, 0.15) is 29.7 Å². The Morgan fingerprint density at radius 3 is 2.11 bits per heavy atom. The molecule has 27 heavy (non-hydrogen) atoms. The molecule has 0 heterocycles. The number of benzene rings is 3. The number of nitrogens with one attached hydrogen (secondary N) is 1. The van der Waals surface area contributed by atoms with Crippen LogP contribution in [-0.2, 0) is 10.0 Å². The van der Waals surface area contributed by atoms with Gasteiger partial charge in [-0.2, -0.15) is 0 Å². The summed E-state index contributed by atoms with van der Waals surface area (Å²) in [5.41, 5.74) is 3.19. The molecule has 0 aliphatic carbocycles. The summed E-state index contributed by atoms with van der Waals surface area (Å²) >= 11 is 0. The van der Waals surface area contributed by atoms with Gasteiger partial charge in [0, 0.05) is 6.04 Å². The zero-order chi connectivity index (χ0) is 19.4. The zero-order valence-corrected chi connectivity index (χ0v) is 16.5. The van der Waals surface area contributed by atoms with Gasteiger partial charge in [-0.1, -0.05) is 42.0 Å². The fourth-order valence-corrected chi connectivity index (χ4v) is 4.21. The van der Waals surface area contributed by atoms with E-state index < -0.39 is 10.0 Å². The summed E-state index contributed by atoms with van der Waals surface area (Å²) in [5.74, 6) is 1.29. The fourth-order valence-electron chi connectivity index (χ4n) is 2.99. The van der Waals surface area contributed by atoms with E-state index in [0.29, 0.717) is 11.5 Å². The molecule has 1 unspecified atom stereocenters. The third-order valence-corrected chi connectivity index (χ3v) is 5.89. The van der Waals surface area contributed by atoms with Gasteiger partial charge in [-0.05, 0) is 68.3 Å². The molecule has 0 bridgehead atoms. The molecule has 3 rings (SSSR count). The first kappa shape index (κ1) is 19.1. The topological polar surface area (TPSA) is 55.4 Å². The van der Waals surface area contributed by atoms with Crippen molar-refractivity contribution in [1.82, 2.24) is 4.72 Å². The van der Waals surface area contributed by atoms with Gasteiger partial charge in [0.25, 0.3) is 0 Å². The van der Waals surface area contributed by atoms with Crippen molar-refractivity contribution in [3.63, 3.8) is 0 Å². The molecule has 0 spiro atoms. The highest BCUT2D eigenvalue weighted by Gasteiger charge is 2.19. The highest BCUT2D eigenvalue weighted by atomic mass is 32.2. The zero-order valence-electron chi connectivity index (χ0n) is 15.6. The minimum atomic E-state index is -3.63. The van der Waals surface area contributed by atoms with Crippen molar-refractivity contribution in [1.29, 1.82) is 0 Å². The maximum absolute atomic E-state index is 12.7. The normalized spacial score (nSPS) is 12.6. The predicted octanol–water partition coefficient (Wildman–Crippen LogP) is 5.14. The Bertz CT molecular complexity index is 1010. The molecular formula is C22H23NO3S. The van der Waals surface area contributed by atoms with Gasteiger partial charge in [-0.25, -0.2) is 13.1 Å². The van der Waals surface area contributed by atoms with Crippen LogP contribution in [0.5, 0.6) is 11.5 Å². The van der Waals surface area contributed by atoms with Gasteiger partial charge in [0.2, 0.25) is 10.0 Å². The highest BCUT2D eigenvalue weighted by Crippen LogP contribution is 2.24. The molecular weight excluding hydrogens is 358 g/mol. The lowest BCUT2D eigenvalue weighted by Crippen LogP contribution is -2.27. The van der Waals surface area contributed by atoms with Crippen LogP contribution in [0.2, 0.25) is 0 Å². The molecule has 1 N–H and O–H groups in total. The van der Waals surface area contributed by atoms with Crippen molar-refractivity contribution in [2.24, 2.45) is 0 Å². The second kappa shape index (κ2) is 7.94. The van der Waals surface area contributed by atoms with Gasteiger partial charge < -0.3 is 4.74 Å². The number of para-hydroxylation sites is 1. The van der Waals surface area contributed by atoms with Crippen LogP contribution < -0.4 is 9.46 Å². The molecule has 140 valence electrons. The van der Waals surface area contributed by atoms with E-state index >= 15 is 0 Å². The highest BCUT2D eigenvalue weighted by molar-refractivity contribution is 7.89. The first-order chi connectivity index (χ1) is 12.8. The Morgan fingerprint density at radius 1 is 0.852 bits per heavy atom. The molecule has 0 saturated carbocycles. The number of ether oxygens (including phenoxy) is 1. The van der Waals surface area contributed by atoms with Crippen LogP contribution in [0, 0.1) is 13.8 Å². The van der Waals surface area contributed by atoms with Gasteiger partial charge in [0.15, 0.2) is 0 Å². The standard InChI is InChI=1S/C22H23NO3S/c1-16-9-14-22(17(2)15-16)18(3)23-27(24,25)21-12-10-20(11-13-21)26-19-7-5-4-6-8-19/h4-15,18,23H,1-3H3. The van der Waals surface area contributed by atoms with Gasteiger partial charge in [0.1, 0.15) is 11.5 Å². The van der Waals surface area contributed by atoms with Crippen molar-refractivity contribution >= 4 is 10.0 Å². The molecule has 4 nitrogen and oxygen atoms in total. The summed E-state index contributed by atoms with van der Waals surface area (Å²) in [6.07, 6.45) is 0. The monoisotopic (exact) mass is 381 g/mol. The van der Waals surface area contributed by atoms with E-state index in [1.165, 1.54) is 0 Å². The number of sulfonamides is 1. The molecule has 0 aromatic heterocycles. The lowest BCUT2D eigenvalue weighted by molar-refractivity contribution is 0.482. The lowest BCUT2D eigenvalue weighted by atomic mass is 10.0. The Balaban J connectivity index is 1.74. The quantitative estimate of drug-likeness (QED) is 0.643. The third kappa shape index (κ3) is 4.76. The van der Waals surface area contributed by atoms with Crippen molar-refractivity contribution in [3.05, 3.63) is 89.5 Å². The Morgan fingerprint density at radius 2 is 1.48 bits per heavy atom. The average Bonchev–Trinajstić information content (AvgIpc) is 2.62. The van der Waals surface area contributed by atoms with E-state index in [0.717, 1.165) is 16.7 Å². The molecule has 0 saturated heterocycles. The number of rotatable bonds is 6. The van der Waals surface area contributed by atoms with E-state index in [9.17, 15) is 8.42 Å². The van der Waals surface area contributed by atoms with Crippen molar-refractivity contribution in [2.45, 2.75) is 31.7 Å². The average molecular weight is 381 g/mol. The van der Waals surface area contributed by atoms with E-state index in [-0.39, 0.29) is 10.9 Å². The SMILES string of the molecule is Cc1ccc(C(C)NS(=O)(=O)c2ccc(Oc3ccccc3)cc2)c(C)c1. The van der Waals surface area contributed by atoms with E-state index in [4.69, 9.17) is 4.74 Å². The molecule has 0 aliphatic rings. The molecule has 0 amide bonds. The molecule has 3 aromatic rings. The lowest BCUT2D eigenvalue weighted by Gasteiger charge is -2.17. The van der Waals surface area contributed by atoms with Crippen LogP contribution in [-0.4, -0.2) is 8.42 Å². The predicted molar refractivity (Wildman–Crippen MR) is 108 cm³/mol. The summed E-state index contributed by atoms with van der Waals surface area (Å²) in [7, 11) is -3.63. The summed E-state index contributed by atoms with van der Waals surface area (Å²) in [6, 6.07) is 21.5. The molecule has 0 radical (unpaired) electrons. The fraction of sp³-hybridized carbons (Fsp3) is 0.182. The summed E-state index contributed by atoms with van der Waals surface area (Å²) in [5, 5.41) is 0. The second-order valence-electron chi connectivity index (χ2n) is 6.59. The molecule has 1 atom stereocenters. The molecule has 0 aliphatic heterocycles. The van der Waals surface area contributed by atoms with Gasteiger partial charge in [-0.15, -0.1) is 0 Å². The summed E-state index contributed by atoms with van der Waals surface area (Å²) < 4.78 is 33.9. The van der Waals surface area contributed by atoms with Gasteiger partial charge in [0.05, 0.1) is 4.90 Å². The molecule has 0 fully saturated rings. The first-order valence-corrected chi connectivity index (χ1v) is 10.3. The Labute approximate surface area is 160 Å². The maximum atomic E-state index is 12.7. The van der Waals surface area contributed by atoms with Crippen molar-refractivity contribution in [3.8, 4) is 11.5 Å². The van der Waals surface area contributed by atoms with E-state index in [1.54, 1.807) is 24.3 Å². The van der Waals surface area contributed by atoms with Crippen LogP contribution in [0.15, 0.2) is 77.7 Å². The second-order valence-corrected chi connectivity index (χ2v) is 8.30. The largest absolute Gasteiger partial charge is 0.457 e. The molecule has 5 heteroatoms. The number of hydrogen-bond acceptors (Lipinski definition) is 3. The van der Waals surface area contributed by atoms with Crippen molar-refractivity contribution in [2.75, 3.05) is 0 Å². The van der Waals surface area contributed by atoms with Crippen LogP contribution >= 0.6 is 0 Å². The Kier molecular flexibility index (Phi) is 5.63. The third-order valence-electron chi connectivity index (χ3n) is 4.34. The molecule has 3 aromatic carbocycles. The van der Waals surface area contributed by atoms with Gasteiger partial charge >= 0.3 is 0 Å². The summed E-state index contributed by atoms with van der Waals surface area (Å²) in [4.78, 5) is 0.208. The maximum Gasteiger partial charge on any atom is 0.241 e. The first-order valence-electron chi connectivity index (χ1n) is 8.77. The minimum Gasteiger partial charge on any atom is -0.457 e. The summed E-state index contributed by atoms with van der Waals surface area (Å²) in [6.45, 7) is 5.86. The smallest absolute Gasteiger partial charge is 0.241 e. The van der Waals surface area contributed by atoms with Crippen LogP contribution in [0.4, 0.5) is 0 Å². The minimum absolute atomic E-state index is 0.208. The number of aryl methyl sites for hydroxylation is 2. The number of hydrogen-bond donors (Lipinski definition) is 1. The van der Waals surface area contributed by atoms with Crippen LogP contribution in [0.25, 0.3) is 0 Å². The van der Waals surface area contributed by atoms with Crippen LogP contribution in [0.3, 0.4) is 0 Å². The van der Waals surface area contributed by atoms with Gasteiger partial charge in [-0.3, -0.25) is 0 Å². The van der Waals surface area contributed by atoms with E-state index in [1.807, 2.05) is 63.2 Å². The van der Waals surface area contributed by atoms with E-state index in [2.05, 4.69) is 10.8 Å². The van der Waals surface area contributed by atoms with Crippen molar-refractivity contribution < 1.29 is 13.2 Å². The Hall–Kier alpha value is -2.63.